The van der Waals surface area contributed by atoms with Gasteiger partial charge in [-0.15, -0.1) is 0 Å². The Hall–Kier alpha value is -1.39. The molecule has 0 bridgehead atoms. The molecule has 128 valence electrons. The highest BCUT2D eigenvalue weighted by Gasteiger charge is 2.37. The van der Waals surface area contributed by atoms with Crippen molar-refractivity contribution in [1.29, 1.82) is 0 Å². The molecule has 0 aliphatic carbocycles. The van der Waals surface area contributed by atoms with Crippen molar-refractivity contribution in [3.63, 3.8) is 0 Å². The monoisotopic (exact) mass is 318 g/mol. The average Bonchev–Trinajstić information content (AvgIpc) is 2.54. The summed E-state index contributed by atoms with van der Waals surface area (Å²) >= 11 is 0. The predicted molar refractivity (Wildman–Crippen MR) is 94.7 cm³/mol. The molecule has 0 saturated carbocycles. The highest BCUT2D eigenvalue weighted by molar-refractivity contribution is 5.74. The second-order valence-electron chi connectivity index (χ2n) is 6.51. The Morgan fingerprint density at radius 1 is 1.39 bits per heavy atom. The molecule has 1 fully saturated rings. The molecule has 1 aromatic rings. The van der Waals surface area contributed by atoms with Crippen LogP contribution in [0, 0.1) is 5.92 Å². The number of rotatable bonds is 6. The van der Waals surface area contributed by atoms with Crippen molar-refractivity contribution in [3.8, 4) is 0 Å². The van der Waals surface area contributed by atoms with Gasteiger partial charge in [-0.25, -0.2) is 0 Å². The van der Waals surface area contributed by atoms with E-state index in [1.807, 2.05) is 12.1 Å². The smallest absolute Gasteiger partial charge is 0.211 e. The molecule has 23 heavy (non-hydrogen) atoms. The quantitative estimate of drug-likeness (QED) is 0.790. The van der Waals surface area contributed by atoms with E-state index in [0.717, 1.165) is 38.0 Å². The molecule has 2 N–H and O–H groups in total. The topological polar surface area (TPSA) is 50.4 Å². The first kappa shape index (κ1) is 18.0. The zero-order chi connectivity index (χ0) is 16.7. The number of ether oxygens (including phenoxy) is 1. The molecule has 1 aromatic carbocycles. The normalized spacial score (nSPS) is 21.8. The van der Waals surface area contributed by atoms with Crippen LogP contribution < -0.4 is 10.6 Å². The van der Waals surface area contributed by atoms with Gasteiger partial charge >= 0.3 is 0 Å². The minimum Gasteiger partial charge on any atom is -0.373 e. The second-order valence-corrected chi connectivity index (χ2v) is 6.51. The summed E-state index contributed by atoms with van der Waals surface area (Å²) in [5.74, 6) is 0.421. The Kier molecular flexibility index (Phi) is 6.60. The van der Waals surface area contributed by atoms with E-state index >= 15 is 0 Å². The molecular formula is C19H30N2O2. The van der Waals surface area contributed by atoms with E-state index in [0.29, 0.717) is 5.92 Å². The van der Waals surface area contributed by atoms with Crippen molar-refractivity contribution in [3.05, 3.63) is 29.3 Å². The molecule has 0 spiro atoms. The lowest BCUT2D eigenvalue weighted by Crippen LogP contribution is -2.42. The SMILES string of the molecule is CCc1c(NC=O)cccc1C(C)(OC)C1CCCCCNC1. The second kappa shape index (κ2) is 8.46. The highest BCUT2D eigenvalue weighted by Crippen LogP contribution is 2.40. The number of hydrogen-bond donors (Lipinski definition) is 2. The lowest BCUT2D eigenvalue weighted by molar-refractivity contribution is -0.105. The van der Waals surface area contributed by atoms with E-state index in [1.54, 1.807) is 7.11 Å². The Bertz CT molecular complexity index is 510. The van der Waals surface area contributed by atoms with Crippen molar-refractivity contribution >= 4 is 12.1 Å². The molecule has 0 aromatic heterocycles. The van der Waals surface area contributed by atoms with E-state index in [1.165, 1.54) is 30.4 Å². The first-order valence-corrected chi connectivity index (χ1v) is 8.75. The zero-order valence-corrected chi connectivity index (χ0v) is 14.7. The van der Waals surface area contributed by atoms with Crippen LogP contribution in [0.15, 0.2) is 18.2 Å². The van der Waals surface area contributed by atoms with Crippen LogP contribution in [0.3, 0.4) is 0 Å². The number of methoxy groups -OCH3 is 1. The Labute approximate surface area is 140 Å². The summed E-state index contributed by atoms with van der Waals surface area (Å²) in [5, 5.41) is 6.41. The van der Waals surface area contributed by atoms with Gasteiger partial charge in [-0.05, 0) is 49.9 Å². The summed E-state index contributed by atoms with van der Waals surface area (Å²) in [6, 6.07) is 6.12. The third-order valence-electron chi connectivity index (χ3n) is 5.28. The van der Waals surface area contributed by atoms with Gasteiger partial charge in [-0.2, -0.15) is 0 Å². The van der Waals surface area contributed by atoms with Gasteiger partial charge in [0, 0.05) is 25.3 Å². The fraction of sp³-hybridized carbons (Fsp3) is 0.632. The Morgan fingerprint density at radius 3 is 2.91 bits per heavy atom. The first-order chi connectivity index (χ1) is 11.2. The summed E-state index contributed by atoms with van der Waals surface area (Å²) < 4.78 is 6.08. The number of nitrogens with one attached hydrogen (secondary N) is 2. The van der Waals surface area contributed by atoms with Crippen molar-refractivity contribution in [1.82, 2.24) is 5.32 Å². The van der Waals surface area contributed by atoms with Gasteiger partial charge in [0.15, 0.2) is 0 Å². The van der Waals surface area contributed by atoms with Crippen LogP contribution in [-0.4, -0.2) is 26.6 Å². The van der Waals surface area contributed by atoms with Gasteiger partial charge in [0.1, 0.15) is 0 Å². The van der Waals surface area contributed by atoms with E-state index in [2.05, 4.69) is 30.5 Å². The van der Waals surface area contributed by atoms with Crippen LogP contribution in [0.5, 0.6) is 0 Å². The van der Waals surface area contributed by atoms with Crippen LogP contribution in [0.4, 0.5) is 5.69 Å². The van der Waals surface area contributed by atoms with Crippen molar-refractivity contribution < 1.29 is 9.53 Å². The average molecular weight is 318 g/mol. The van der Waals surface area contributed by atoms with Gasteiger partial charge in [-0.1, -0.05) is 31.9 Å². The molecule has 4 nitrogen and oxygen atoms in total. The van der Waals surface area contributed by atoms with E-state index in [4.69, 9.17) is 4.74 Å². The minimum atomic E-state index is -0.351. The van der Waals surface area contributed by atoms with Gasteiger partial charge in [0.2, 0.25) is 6.41 Å². The van der Waals surface area contributed by atoms with Crippen molar-refractivity contribution in [2.45, 2.75) is 51.6 Å². The number of benzene rings is 1. The molecule has 1 aliphatic heterocycles. The predicted octanol–water partition coefficient (Wildman–Crippen LogP) is 3.46. The van der Waals surface area contributed by atoms with E-state index in [-0.39, 0.29) is 5.60 Å². The Morgan fingerprint density at radius 2 is 2.22 bits per heavy atom. The highest BCUT2D eigenvalue weighted by atomic mass is 16.5. The first-order valence-electron chi connectivity index (χ1n) is 8.75. The molecule has 1 amide bonds. The molecule has 2 atom stereocenters. The molecule has 1 aliphatic rings. The number of amides is 1. The summed E-state index contributed by atoms with van der Waals surface area (Å²) in [5.41, 5.74) is 2.91. The molecule has 1 saturated heterocycles. The lowest BCUT2D eigenvalue weighted by atomic mass is 9.76. The maximum absolute atomic E-state index is 10.9. The maximum atomic E-state index is 10.9. The van der Waals surface area contributed by atoms with Crippen LogP contribution in [0.25, 0.3) is 0 Å². The van der Waals surface area contributed by atoms with Crippen LogP contribution in [-0.2, 0) is 21.6 Å². The summed E-state index contributed by atoms with van der Waals surface area (Å²) in [7, 11) is 1.80. The molecule has 1 heterocycles. The van der Waals surface area contributed by atoms with Crippen LogP contribution in [0.1, 0.15) is 50.7 Å². The van der Waals surface area contributed by atoms with Crippen molar-refractivity contribution in [2.24, 2.45) is 5.92 Å². The summed E-state index contributed by atoms with van der Waals surface area (Å²) in [6.07, 6.45) is 6.56. The number of carbonyl (C=O) groups is 1. The van der Waals surface area contributed by atoms with E-state index < -0.39 is 0 Å². The number of hydrogen-bond acceptors (Lipinski definition) is 3. The Balaban J connectivity index is 2.41. The van der Waals surface area contributed by atoms with Gasteiger partial charge < -0.3 is 15.4 Å². The standard InChI is InChI=1S/C19H30N2O2/c1-4-16-17(10-8-11-18(16)21-14-22)19(2,23-3)15-9-6-5-7-12-20-13-15/h8,10-11,14-15,20H,4-7,9,12-13H2,1-3H3,(H,21,22). The van der Waals surface area contributed by atoms with Gasteiger partial charge in [0.05, 0.1) is 5.60 Å². The third kappa shape index (κ3) is 3.93. The van der Waals surface area contributed by atoms with Crippen LogP contribution in [0.2, 0.25) is 0 Å². The number of anilines is 1. The third-order valence-corrected chi connectivity index (χ3v) is 5.28. The number of carbonyl (C=O) groups excluding carboxylic acids is 1. The molecule has 2 rings (SSSR count). The fourth-order valence-electron chi connectivity index (χ4n) is 3.79. The lowest BCUT2D eigenvalue weighted by Gasteiger charge is -2.40. The van der Waals surface area contributed by atoms with Crippen molar-refractivity contribution in [2.75, 3.05) is 25.5 Å². The van der Waals surface area contributed by atoms with Gasteiger partial charge in [-0.3, -0.25) is 4.79 Å². The summed E-state index contributed by atoms with van der Waals surface area (Å²) in [6.45, 7) is 6.38. The zero-order valence-electron chi connectivity index (χ0n) is 14.7. The maximum Gasteiger partial charge on any atom is 0.211 e. The van der Waals surface area contributed by atoms with E-state index in [9.17, 15) is 4.79 Å². The molecule has 2 unspecified atom stereocenters. The molecule has 4 heteroatoms. The largest absolute Gasteiger partial charge is 0.373 e. The molecule has 0 radical (unpaired) electrons. The van der Waals surface area contributed by atoms with Gasteiger partial charge in [0.25, 0.3) is 0 Å². The minimum absolute atomic E-state index is 0.351. The summed E-state index contributed by atoms with van der Waals surface area (Å²) in [4.78, 5) is 10.9. The van der Waals surface area contributed by atoms with Crippen LogP contribution >= 0.6 is 0 Å². The molecular weight excluding hydrogens is 288 g/mol. The fourth-order valence-corrected chi connectivity index (χ4v) is 3.79.